The molecule has 0 amide bonds. The maximum absolute atomic E-state index is 12.1. The van der Waals surface area contributed by atoms with Crippen molar-refractivity contribution in [2.45, 2.75) is 6.04 Å². The molecular weight excluding hydrogens is 384 g/mol. The lowest BCUT2D eigenvalue weighted by atomic mass is 10.0. The van der Waals surface area contributed by atoms with Crippen LogP contribution in [0.5, 0.6) is 11.5 Å². The van der Waals surface area contributed by atoms with Crippen molar-refractivity contribution in [2.24, 2.45) is 0 Å². The van der Waals surface area contributed by atoms with Crippen LogP contribution in [0.15, 0.2) is 48.8 Å². The van der Waals surface area contributed by atoms with E-state index in [9.17, 15) is 9.90 Å². The van der Waals surface area contributed by atoms with Gasteiger partial charge in [0.2, 0.25) is 0 Å². The molecule has 8 heteroatoms. The van der Waals surface area contributed by atoms with E-state index >= 15 is 0 Å². The van der Waals surface area contributed by atoms with Gasteiger partial charge in [-0.05, 0) is 29.8 Å². The Labute approximate surface area is 174 Å². The van der Waals surface area contributed by atoms with E-state index in [1.807, 2.05) is 29.2 Å². The van der Waals surface area contributed by atoms with Gasteiger partial charge in [0, 0.05) is 31.6 Å². The van der Waals surface area contributed by atoms with Crippen LogP contribution in [-0.2, 0) is 4.79 Å². The SMILES string of the molecule is COc1ccc(C(C(=O)O)N2CCN(c3ncnc4ccccc34)CC2)cc1OC. The van der Waals surface area contributed by atoms with Gasteiger partial charge >= 0.3 is 5.97 Å². The van der Waals surface area contributed by atoms with Crippen molar-refractivity contribution >= 4 is 22.7 Å². The van der Waals surface area contributed by atoms with E-state index in [0.29, 0.717) is 43.2 Å². The molecule has 1 saturated heterocycles. The third kappa shape index (κ3) is 3.73. The van der Waals surface area contributed by atoms with Crippen LogP contribution in [0.1, 0.15) is 11.6 Å². The molecule has 156 valence electrons. The van der Waals surface area contributed by atoms with Crippen LogP contribution >= 0.6 is 0 Å². The lowest BCUT2D eigenvalue weighted by Gasteiger charge is -2.38. The number of anilines is 1. The number of ether oxygens (including phenoxy) is 2. The van der Waals surface area contributed by atoms with Gasteiger partial charge in [-0.1, -0.05) is 18.2 Å². The average Bonchev–Trinajstić information content (AvgIpc) is 2.79. The Morgan fingerprint density at radius 2 is 1.73 bits per heavy atom. The Bertz CT molecular complexity index is 1040. The highest BCUT2D eigenvalue weighted by Gasteiger charge is 2.31. The van der Waals surface area contributed by atoms with Crippen LogP contribution in [0.4, 0.5) is 5.82 Å². The zero-order valence-corrected chi connectivity index (χ0v) is 17.0. The van der Waals surface area contributed by atoms with Crippen molar-refractivity contribution in [2.75, 3.05) is 45.3 Å². The smallest absolute Gasteiger partial charge is 0.325 e. The first-order valence-electron chi connectivity index (χ1n) is 9.76. The zero-order chi connectivity index (χ0) is 21.1. The molecule has 4 rings (SSSR count). The number of carbonyl (C=O) groups is 1. The van der Waals surface area contributed by atoms with Gasteiger partial charge in [-0.25, -0.2) is 9.97 Å². The number of carboxylic acids is 1. The molecule has 1 aromatic heterocycles. The molecule has 0 spiro atoms. The summed E-state index contributed by atoms with van der Waals surface area (Å²) in [6.07, 6.45) is 1.58. The third-order valence-corrected chi connectivity index (χ3v) is 5.46. The third-order valence-electron chi connectivity index (χ3n) is 5.46. The summed E-state index contributed by atoms with van der Waals surface area (Å²) >= 11 is 0. The van der Waals surface area contributed by atoms with Crippen molar-refractivity contribution in [1.29, 1.82) is 0 Å². The molecule has 8 nitrogen and oxygen atoms in total. The van der Waals surface area contributed by atoms with Crippen molar-refractivity contribution in [1.82, 2.24) is 14.9 Å². The van der Waals surface area contributed by atoms with Crippen LogP contribution in [0, 0.1) is 0 Å². The summed E-state index contributed by atoms with van der Waals surface area (Å²) < 4.78 is 10.6. The van der Waals surface area contributed by atoms with Crippen LogP contribution in [0.25, 0.3) is 10.9 Å². The van der Waals surface area contributed by atoms with Crippen molar-refractivity contribution in [3.63, 3.8) is 0 Å². The highest BCUT2D eigenvalue weighted by molar-refractivity contribution is 5.89. The molecule has 3 aromatic rings. The summed E-state index contributed by atoms with van der Waals surface area (Å²) in [7, 11) is 3.10. The fraction of sp³-hybridized carbons (Fsp3) is 0.318. The quantitative estimate of drug-likeness (QED) is 0.666. The molecular formula is C22H24N4O4. The summed E-state index contributed by atoms with van der Waals surface area (Å²) in [4.78, 5) is 25.1. The molecule has 2 aromatic carbocycles. The van der Waals surface area contributed by atoms with Crippen LogP contribution in [-0.4, -0.2) is 66.3 Å². The second kappa shape index (κ2) is 8.54. The fourth-order valence-corrected chi connectivity index (χ4v) is 3.97. The summed E-state index contributed by atoms with van der Waals surface area (Å²) in [5.41, 5.74) is 1.57. The first kappa shape index (κ1) is 19.9. The molecule has 0 saturated carbocycles. The molecule has 30 heavy (non-hydrogen) atoms. The van der Waals surface area contributed by atoms with E-state index < -0.39 is 12.0 Å². The monoisotopic (exact) mass is 408 g/mol. The van der Waals surface area contributed by atoms with Crippen molar-refractivity contribution < 1.29 is 19.4 Å². The Hall–Kier alpha value is -3.39. The Morgan fingerprint density at radius 3 is 2.43 bits per heavy atom. The second-order valence-electron chi connectivity index (χ2n) is 7.09. The number of aliphatic carboxylic acids is 1. The molecule has 0 aliphatic carbocycles. The highest BCUT2D eigenvalue weighted by atomic mass is 16.5. The Kier molecular flexibility index (Phi) is 5.67. The average molecular weight is 408 g/mol. The van der Waals surface area contributed by atoms with Gasteiger partial charge in [-0.15, -0.1) is 0 Å². The van der Waals surface area contributed by atoms with Gasteiger partial charge in [-0.2, -0.15) is 0 Å². The number of piperazine rings is 1. The largest absolute Gasteiger partial charge is 0.493 e. The first-order chi connectivity index (χ1) is 14.6. The molecule has 1 aliphatic rings. The Morgan fingerprint density at radius 1 is 1.00 bits per heavy atom. The first-order valence-corrected chi connectivity index (χ1v) is 9.76. The van der Waals surface area contributed by atoms with Gasteiger partial charge in [0.1, 0.15) is 18.2 Å². The predicted molar refractivity (Wildman–Crippen MR) is 113 cm³/mol. The number of aromatic nitrogens is 2. The highest BCUT2D eigenvalue weighted by Crippen LogP contribution is 2.33. The lowest BCUT2D eigenvalue weighted by Crippen LogP contribution is -2.49. The molecule has 1 unspecified atom stereocenters. The Balaban J connectivity index is 1.55. The number of nitrogens with zero attached hydrogens (tertiary/aromatic N) is 4. The standard InChI is InChI=1S/C22H24N4O4/c1-29-18-8-7-15(13-19(18)30-2)20(22(27)28)25-9-11-26(12-10-25)21-16-5-3-4-6-17(16)23-14-24-21/h3-8,13-14,20H,9-12H2,1-2H3,(H,27,28). The predicted octanol–water partition coefficient (Wildman–Crippen LogP) is 2.59. The van der Waals surface area contributed by atoms with Crippen molar-refractivity contribution in [3.05, 3.63) is 54.4 Å². The fourth-order valence-electron chi connectivity index (χ4n) is 3.97. The van der Waals surface area contributed by atoms with E-state index in [4.69, 9.17) is 9.47 Å². The summed E-state index contributed by atoms with van der Waals surface area (Å²) in [5, 5.41) is 10.9. The minimum absolute atomic E-state index is 0.521. The van der Waals surface area contributed by atoms with Gasteiger partial charge in [0.15, 0.2) is 11.5 Å². The number of carboxylic acid groups (broad SMARTS) is 1. The number of methoxy groups -OCH3 is 2. The van der Waals surface area contributed by atoms with Crippen LogP contribution < -0.4 is 14.4 Å². The number of rotatable bonds is 6. The normalized spacial score (nSPS) is 15.7. The van der Waals surface area contributed by atoms with Gasteiger partial charge in [0.05, 0.1) is 19.7 Å². The van der Waals surface area contributed by atoms with E-state index in [-0.39, 0.29) is 0 Å². The van der Waals surface area contributed by atoms with Gasteiger partial charge < -0.3 is 19.5 Å². The van der Waals surface area contributed by atoms with Gasteiger partial charge in [-0.3, -0.25) is 9.69 Å². The number of fused-ring (bicyclic) bond motifs is 1. The maximum Gasteiger partial charge on any atom is 0.325 e. The summed E-state index contributed by atoms with van der Waals surface area (Å²) in [6.45, 7) is 2.56. The minimum atomic E-state index is -0.886. The zero-order valence-electron chi connectivity index (χ0n) is 17.0. The minimum Gasteiger partial charge on any atom is -0.493 e. The van der Waals surface area contributed by atoms with E-state index in [2.05, 4.69) is 14.9 Å². The number of benzene rings is 2. The van der Waals surface area contributed by atoms with Crippen LogP contribution in [0.2, 0.25) is 0 Å². The summed E-state index contributed by atoms with van der Waals surface area (Å²) in [5.74, 6) is 1.10. The van der Waals surface area contributed by atoms with Crippen molar-refractivity contribution in [3.8, 4) is 11.5 Å². The number of hydrogen-bond donors (Lipinski definition) is 1. The molecule has 1 N–H and O–H groups in total. The molecule has 1 fully saturated rings. The number of hydrogen-bond acceptors (Lipinski definition) is 7. The topological polar surface area (TPSA) is 88.0 Å². The second-order valence-corrected chi connectivity index (χ2v) is 7.09. The number of para-hydroxylation sites is 1. The van der Waals surface area contributed by atoms with Crippen LogP contribution in [0.3, 0.4) is 0 Å². The molecule has 2 heterocycles. The van der Waals surface area contributed by atoms with E-state index in [0.717, 1.165) is 16.7 Å². The summed E-state index contributed by atoms with van der Waals surface area (Å²) in [6, 6.07) is 12.4. The lowest BCUT2D eigenvalue weighted by molar-refractivity contribution is -0.143. The van der Waals surface area contributed by atoms with E-state index in [1.165, 1.54) is 0 Å². The molecule has 1 aliphatic heterocycles. The van der Waals surface area contributed by atoms with E-state index in [1.54, 1.807) is 38.7 Å². The molecule has 1 atom stereocenters. The molecule has 0 bridgehead atoms. The molecule has 0 radical (unpaired) electrons. The maximum atomic E-state index is 12.1. The van der Waals surface area contributed by atoms with Gasteiger partial charge in [0.25, 0.3) is 0 Å².